The molecule has 46 heavy (non-hydrogen) atoms. The van der Waals surface area contributed by atoms with Crippen LogP contribution in [0.4, 0.5) is 0 Å². The van der Waals surface area contributed by atoms with Crippen LogP contribution in [0, 0.1) is 0 Å². The summed E-state index contributed by atoms with van der Waals surface area (Å²) in [5.74, 6) is 1.91. The van der Waals surface area contributed by atoms with Gasteiger partial charge in [-0.15, -0.1) is 0 Å². The van der Waals surface area contributed by atoms with Crippen LogP contribution in [0.15, 0.2) is 158 Å². The second-order valence-corrected chi connectivity index (χ2v) is 11.5. The fraction of sp³-hybridized carbons (Fsp3) is 0. The van der Waals surface area contributed by atoms with Crippen molar-refractivity contribution in [1.29, 1.82) is 0 Å². The van der Waals surface area contributed by atoms with Crippen molar-refractivity contribution in [2.24, 2.45) is 0 Å². The van der Waals surface area contributed by atoms with Crippen molar-refractivity contribution in [3.8, 4) is 78.8 Å². The highest BCUT2D eigenvalue weighted by Crippen LogP contribution is 2.47. The highest BCUT2D eigenvalue weighted by atomic mass is 15.0. The van der Waals surface area contributed by atoms with Gasteiger partial charge in [-0.1, -0.05) is 140 Å². The van der Waals surface area contributed by atoms with Crippen LogP contribution >= 0.6 is 0 Å². The van der Waals surface area contributed by atoms with Crippen LogP contribution in [0.5, 0.6) is 0 Å². The predicted molar refractivity (Wildman–Crippen MR) is 187 cm³/mol. The summed E-state index contributed by atoms with van der Waals surface area (Å²) in [6.45, 7) is 0. The fourth-order valence-corrected chi connectivity index (χ4v) is 6.55. The Hall–Kier alpha value is -6.26. The van der Waals surface area contributed by atoms with Gasteiger partial charge in [0.2, 0.25) is 0 Å². The van der Waals surface area contributed by atoms with Gasteiger partial charge in [0, 0.05) is 34.0 Å². The first-order valence-corrected chi connectivity index (χ1v) is 15.4. The van der Waals surface area contributed by atoms with E-state index in [-0.39, 0.29) is 0 Å². The molecule has 0 fully saturated rings. The Morgan fingerprint density at radius 1 is 0.326 bits per heavy atom. The second kappa shape index (κ2) is 10.7. The maximum atomic E-state index is 5.05. The van der Waals surface area contributed by atoms with Crippen LogP contribution in [0.1, 0.15) is 0 Å². The zero-order valence-electron chi connectivity index (χ0n) is 24.8. The molecule has 0 bridgehead atoms. The molecule has 0 N–H and O–H groups in total. The molecule has 0 spiro atoms. The van der Waals surface area contributed by atoms with Gasteiger partial charge in [-0.3, -0.25) is 4.98 Å². The summed E-state index contributed by atoms with van der Waals surface area (Å²) in [5.41, 5.74) is 11.9. The molecule has 0 radical (unpaired) electrons. The number of fused-ring (bicyclic) bond motifs is 5. The number of hydrogen-bond donors (Lipinski definition) is 0. The van der Waals surface area contributed by atoms with Gasteiger partial charge in [-0.05, 0) is 50.7 Å². The number of rotatable bonds is 4. The van der Waals surface area contributed by atoms with E-state index >= 15 is 0 Å². The van der Waals surface area contributed by atoms with E-state index in [0.717, 1.165) is 33.5 Å². The molecule has 9 rings (SSSR count). The molecule has 0 amide bonds. The zero-order chi connectivity index (χ0) is 30.5. The van der Waals surface area contributed by atoms with Crippen molar-refractivity contribution in [2.45, 2.75) is 0 Å². The van der Waals surface area contributed by atoms with E-state index in [4.69, 9.17) is 19.9 Å². The van der Waals surface area contributed by atoms with E-state index in [1.165, 1.54) is 38.6 Å². The molecule has 2 aromatic heterocycles. The molecule has 0 atom stereocenters. The van der Waals surface area contributed by atoms with Crippen LogP contribution in [0.2, 0.25) is 0 Å². The van der Waals surface area contributed by atoms with Gasteiger partial charge < -0.3 is 0 Å². The van der Waals surface area contributed by atoms with E-state index in [1.807, 2.05) is 66.9 Å². The van der Waals surface area contributed by atoms with Crippen LogP contribution in [-0.4, -0.2) is 19.9 Å². The molecular weight excluding hydrogens is 560 g/mol. The van der Waals surface area contributed by atoms with Crippen molar-refractivity contribution >= 4 is 10.8 Å². The lowest BCUT2D eigenvalue weighted by atomic mass is 9.93. The molecule has 0 saturated carbocycles. The van der Waals surface area contributed by atoms with Gasteiger partial charge in [0.25, 0.3) is 0 Å². The Morgan fingerprint density at radius 2 is 0.804 bits per heavy atom. The standard InChI is InChI=1S/C42H26N4/c1-3-12-28(13-4-1)40-44-41(29-14-5-2-6-15-29)46-42(45-40)31-19-9-18-30(24-31)38-25-36-33-21-8-7-20-32(33)34-22-10-16-27-17-11-23-35(39(27)34)37(36)26-43-38/h1-26H. The Morgan fingerprint density at radius 3 is 1.46 bits per heavy atom. The molecule has 0 aliphatic heterocycles. The van der Waals surface area contributed by atoms with Gasteiger partial charge >= 0.3 is 0 Å². The molecule has 6 aromatic carbocycles. The van der Waals surface area contributed by atoms with Gasteiger partial charge in [-0.2, -0.15) is 0 Å². The molecule has 214 valence electrons. The Balaban J connectivity index is 1.20. The van der Waals surface area contributed by atoms with E-state index in [1.54, 1.807) is 0 Å². The number of hydrogen-bond acceptors (Lipinski definition) is 4. The third-order valence-electron chi connectivity index (χ3n) is 8.72. The first-order chi connectivity index (χ1) is 22.8. The second-order valence-electron chi connectivity index (χ2n) is 11.5. The minimum Gasteiger partial charge on any atom is -0.256 e. The average molecular weight is 587 g/mol. The summed E-state index contributed by atoms with van der Waals surface area (Å²) in [7, 11) is 0. The summed E-state index contributed by atoms with van der Waals surface area (Å²) in [4.78, 5) is 19.8. The van der Waals surface area contributed by atoms with E-state index < -0.39 is 0 Å². The predicted octanol–water partition coefficient (Wildman–Crippen LogP) is 10.4. The Bertz CT molecular complexity index is 2350. The van der Waals surface area contributed by atoms with E-state index in [0.29, 0.717) is 17.5 Å². The largest absolute Gasteiger partial charge is 0.256 e. The molecule has 4 nitrogen and oxygen atoms in total. The minimum absolute atomic E-state index is 0.622. The lowest BCUT2D eigenvalue weighted by Gasteiger charge is -2.13. The minimum atomic E-state index is 0.622. The van der Waals surface area contributed by atoms with Gasteiger partial charge in [0.05, 0.1) is 5.69 Å². The lowest BCUT2D eigenvalue weighted by Crippen LogP contribution is -2.00. The lowest BCUT2D eigenvalue weighted by molar-refractivity contribution is 1.07. The Labute approximate surface area is 266 Å². The van der Waals surface area contributed by atoms with Crippen molar-refractivity contribution in [3.05, 3.63) is 158 Å². The van der Waals surface area contributed by atoms with Crippen molar-refractivity contribution in [2.75, 3.05) is 0 Å². The quantitative estimate of drug-likeness (QED) is 0.206. The third-order valence-corrected chi connectivity index (χ3v) is 8.72. The number of aromatic nitrogens is 4. The summed E-state index contributed by atoms with van der Waals surface area (Å²) < 4.78 is 0. The number of benzene rings is 6. The van der Waals surface area contributed by atoms with Crippen LogP contribution in [0.25, 0.3) is 89.6 Å². The topological polar surface area (TPSA) is 51.6 Å². The van der Waals surface area contributed by atoms with Gasteiger partial charge in [0.1, 0.15) is 0 Å². The summed E-state index contributed by atoms with van der Waals surface area (Å²) >= 11 is 0. The zero-order valence-corrected chi connectivity index (χ0v) is 24.8. The first-order valence-electron chi connectivity index (χ1n) is 15.4. The van der Waals surface area contributed by atoms with Crippen molar-refractivity contribution < 1.29 is 0 Å². The number of nitrogens with zero attached hydrogens (tertiary/aromatic N) is 4. The molecule has 1 aliphatic rings. The summed E-state index contributed by atoms with van der Waals surface area (Å²) in [6, 6.07) is 52.5. The smallest absolute Gasteiger partial charge is 0.164 e. The van der Waals surface area contributed by atoms with E-state index in [2.05, 4.69) is 91.0 Å². The first kappa shape index (κ1) is 26.2. The highest BCUT2D eigenvalue weighted by Gasteiger charge is 2.22. The van der Waals surface area contributed by atoms with Crippen LogP contribution in [0.3, 0.4) is 0 Å². The van der Waals surface area contributed by atoms with Crippen LogP contribution in [-0.2, 0) is 0 Å². The van der Waals surface area contributed by atoms with E-state index in [9.17, 15) is 0 Å². The normalized spacial score (nSPS) is 11.5. The van der Waals surface area contributed by atoms with Crippen molar-refractivity contribution in [3.63, 3.8) is 0 Å². The van der Waals surface area contributed by atoms with Crippen molar-refractivity contribution in [1.82, 2.24) is 19.9 Å². The maximum absolute atomic E-state index is 5.05. The van der Waals surface area contributed by atoms with Gasteiger partial charge in [-0.25, -0.2) is 15.0 Å². The molecule has 4 heteroatoms. The number of pyridine rings is 1. The van der Waals surface area contributed by atoms with Gasteiger partial charge in [0.15, 0.2) is 17.5 Å². The molecule has 0 saturated heterocycles. The molecule has 2 heterocycles. The maximum Gasteiger partial charge on any atom is 0.164 e. The fourth-order valence-electron chi connectivity index (χ4n) is 6.55. The Kier molecular flexibility index (Phi) is 6.10. The monoisotopic (exact) mass is 586 g/mol. The summed E-state index contributed by atoms with van der Waals surface area (Å²) in [6.07, 6.45) is 2.04. The summed E-state index contributed by atoms with van der Waals surface area (Å²) in [5, 5.41) is 2.50. The average Bonchev–Trinajstić information content (AvgIpc) is 3.26. The SMILES string of the molecule is c1ccc(-c2nc(-c3ccccc3)nc(-c3cccc(-c4cc5c(cn4)-c4cccc6cccc(c46)-c4ccccc4-5)c3)n2)cc1. The highest BCUT2D eigenvalue weighted by molar-refractivity contribution is 6.13. The molecular formula is C42H26N4. The molecule has 1 aliphatic carbocycles. The third kappa shape index (κ3) is 4.39. The molecule has 0 unspecified atom stereocenters. The molecule has 8 aromatic rings. The van der Waals surface area contributed by atoms with Crippen LogP contribution < -0.4 is 0 Å².